The zero-order chi connectivity index (χ0) is 16.2. The minimum Gasteiger partial charge on any atom is -0.326 e. The van der Waals surface area contributed by atoms with Gasteiger partial charge in [-0.3, -0.25) is 0 Å². The highest BCUT2D eigenvalue weighted by atomic mass is 79.9. The number of rotatable bonds is 7. The van der Waals surface area contributed by atoms with E-state index in [1.165, 1.54) is 12.1 Å². The summed E-state index contributed by atoms with van der Waals surface area (Å²) >= 11 is 3.17. The van der Waals surface area contributed by atoms with Gasteiger partial charge in [-0.15, -0.1) is 0 Å². The molecule has 0 spiro atoms. The molecule has 0 heterocycles. The fraction of sp³-hybridized carbons (Fsp3) is 0.538. The Hall–Kier alpha value is -0.540. The number of halogens is 2. The van der Waals surface area contributed by atoms with Gasteiger partial charge in [0, 0.05) is 35.7 Å². The first kappa shape index (κ1) is 18.5. The van der Waals surface area contributed by atoms with Crippen molar-refractivity contribution in [3.63, 3.8) is 0 Å². The van der Waals surface area contributed by atoms with Crippen molar-refractivity contribution in [2.75, 3.05) is 20.1 Å². The molecule has 120 valence electrons. The highest BCUT2D eigenvalue weighted by Crippen LogP contribution is 2.23. The van der Waals surface area contributed by atoms with Crippen LogP contribution in [0.2, 0.25) is 0 Å². The van der Waals surface area contributed by atoms with E-state index in [1.807, 2.05) is 25.8 Å². The summed E-state index contributed by atoms with van der Waals surface area (Å²) in [6.45, 7) is 4.70. The molecule has 0 atom stereocenters. The Morgan fingerprint density at radius 3 is 2.57 bits per heavy atom. The van der Waals surface area contributed by atoms with Crippen LogP contribution < -0.4 is 10.5 Å². The SMILES string of the molecule is CC(C)N(C)CCNS(=O)(=O)c1cc(Br)cc(CN)c1F. The molecule has 1 aromatic carbocycles. The molecule has 1 rings (SSSR count). The van der Waals surface area contributed by atoms with E-state index in [4.69, 9.17) is 5.73 Å². The van der Waals surface area contributed by atoms with E-state index >= 15 is 0 Å². The van der Waals surface area contributed by atoms with Crippen LogP contribution in [-0.2, 0) is 16.6 Å². The lowest BCUT2D eigenvalue weighted by molar-refractivity contribution is 0.278. The lowest BCUT2D eigenvalue weighted by atomic mass is 10.2. The summed E-state index contributed by atoms with van der Waals surface area (Å²) in [6.07, 6.45) is 0. The zero-order valence-electron chi connectivity index (χ0n) is 12.4. The summed E-state index contributed by atoms with van der Waals surface area (Å²) < 4.78 is 41.4. The molecule has 3 N–H and O–H groups in total. The third-order valence-electron chi connectivity index (χ3n) is 3.23. The maximum Gasteiger partial charge on any atom is 0.243 e. The van der Waals surface area contributed by atoms with Crippen molar-refractivity contribution in [3.8, 4) is 0 Å². The Bertz CT molecular complexity index is 593. The van der Waals surface area contributed by atoms with Crippen molar-refractivity contribution in [1.82, 2.24) is 9.62 Å². The van der Waals surface area contributed by atoms with Gasteiger partial charge in [-0.05, 0) is 33.0 Å². The van der Waals surface area contributed by atoms with E-state index in [9.17, 15) is 12.8 Å². The number of hydrogen-bond acceptors (Lipinski definition) is 4. The Balaban J connectivity index is 2.91. The predicted molar refractivity (Wildman–Crippen MR) is 84.9 cm³/mol. The molecule has 0 aliphatic carbocycles. The van der Waals surface area contributed by atoms with Crippen LogP contribution in [0.3, 0.4) is 0 Å². The van der Waals surface area contributed by atoms with Gasteiger partial charge in [0.05, 0.1) is 0 Å². The second-order valence-electron chi connectivity index (χ2n) is 5.05. The van der Waals surface area contributed by atoms with Crippen LogP contribution in [0, 0.1) is 5.82 Å². The maximum atomic E-state index is 14.1. The molecule has 5 nitrogen and oxygen atoms in total. The second kappa shape index (κ2) is 7.64. The highest BCUT2D eigenvalue weighted by molar-refractivity contribution is 9.10. The fourth-order valence-corrected chi connectivity index (χ4v) is 3.48. The van der Waals surface area contributed by atoms with E-state index < -0.39 is 15.8 Å². The van der Waals surface area contributed by atoms with Crippen molar-refractivity contribution in [3.05, 3.63) is 28.0 Å². The third-order valence-corrected chi connectivity index (χ3v) is 5.15. The number of hydrogen-bond donors (Lipinski definition) is 2. The van der Waals surface area contributed by atoms with Gasteiger partial charge in [-0.1, -0.05) is 15.9 Å². The molecular weight excluding hydrogens is 361 g/mol. The Morgan fingerprint density at radius 1 is 1.43 bits per heavy atom. The molecule has 0 bridgehead atoms. The first-order valence-electron chi connectivity index (χ1n) is 6.57. The Morgan fingerprint density at radius 2 is 2.05 bits per heavy atom. The van der Waals surface area contributed by atoms with Crippen LogP contribution in [0.5, 0.6) is 0 Å². The summed E-state index contributed by atoms with van der Waals surface area (Å²) in [5, 5.41) is 0. The summed E-state index contributed by atoms with van der Waals surface area (Å²) in [5.74, 6) is -0.801. The van der Waals surface area contributed by atoms with Gasteiger partial charge in [0.1, 0.15) is 10.7 Å². The first-order chi connectivity index (χ1) is 9.69. The van der Waals surface area contributed by atoms with Crippen LogP contribution in [0.4, 0.5) is 4.39 Å². The number of nitrogens with zero attached hydrogens (tertiary/aromatic N) is 1. The standard InChI is InChI=1S/C13H21BrFN3O2S/c1-9(2)18(3)5-4-17-21(19,20)12-7-11(14)6-10(8-16)13(12)15/h6-7,9,17H,4-5,8,16H2,1-3H3. The fourth-order valence-electron chi connectivity index (χ4n) is 1.65. The molecule has 1 aromatic rings. The summed E-state index contributed by atoms with van der Waals surface area (Å²) in [4.78, 5) is 1.61. The number of likely N-dealkylation sites (N-methyl/N-ethyl adjacent to an activating group) is 1. The number of benzene rings is 1. The largest absolute Gasteiger partial charge is 0.326 e. The second-order valence-corrected chi connectivity index (χ2v) is 7.70. The zero-order valence-corrected chi connectivity index (χ0v) is 14.8. The van der Waals surface area contributed by atoms with Crippen molar-refractivity contribution in [1.29, 1.82) is 0 Å². The van der Waals surface area contributed by atoms with E-state index in [1.54, 1.807) is 0 Å². The quantitative estimate of drug-likeness (QED) is 0.752. The molecule has 0 aliphatic heterocycles. The summed E-state index contributed by atoms with van der Waals surface area (Å²) in [5.41, 5.74) is 5.58. The molecule has 0 unspecified atom stereocenters. The average molecular weight is 382 g/mol. The molecule has 8 heteroatoms. The average Bonchev–Trinajstić information content (AvgIpc) is 2.40. The van der Waals surface area contributed by atoms with Crippen molar-refractivity contribution in [2.24, 2.45) is 5.73 Å². The van der Waals surface area contributed by atoms with Gasteiger partial charge in [0.15, 0.2) is 0 Å². The molecule has 0 radical (unpaired) electrons. The van der Waals surface area contributed by atoms with Crippen molar-refractivity contribution < 1.29 is 12.8 Å². The van der Waals surface area contributed by atoms with Gasteiger partial charge < -0.3 is 10.6 Å². The number of nitrogens with one attached hydrogen (secondary N) is 1. The monoisotopic (exact) mass is 381 g/mol. The van der Waals surface area contributed by atoms with Crippen LogP contribution >= 0.6 is 15.9 Å². The Labute approximate surface area is 133 Å². The van der Waals surface area contributed by atoms with Gasteiger partial charge in [-0.2, -0.15) is 0 Å². The van der Waals surface area contributed by atoms with E-state index in [2.05, 4.69) is 20.7 Å². The summed E-state index contributed by atoms with van der Waals surface area (Å²) in [6, 6.07) is 3.02. The van der Waals surface area contributed by atoms with Gasteiger partial charge in [-0.25, -0.2) is 17.5 Å². The van der Waals surface area contributed by atoms with Crippen molar-refractivity contribution >= 4 is 26.0 Å². The third kappa shape index (κ3) is 5.00. The predicted octanol–water partition coefficient (Wildman–Crippen LogP) is 1.67. The van der Waals surface area contributed by atoms with Gasteiger partial charge in [0.25, 0.3) is 0 Å². The van der Waals surface area contributed by atoms with E-state index in [-0.39, 0.29) is 23.5 Å². The number of nitrogens with two attached hydrogens (primary N) is 1. The Kier molecular flexibility index (Phi) is 6.73. The molecule has 0 saturated carbocycles. The lowest BCUT2D eigenvalue weighted by Crippen LogP contribution is -2.36. The van der Waals surface area contributed by atoms with E-state index in [0.717, 1.165) is 0 Å². The lowest BCUT2D eigenvalue weighted by Gasteiger charge is -2.21. The minimum atomic E-state index is -3.90. The molecule has 0 saturated heterocycles. The molecule has 0 fully saturated rings. The van der Waals surface area contributed by atoms with E-state index in [0.29, 0.717) is 17.1 Å². The molecule has 0 aliphatic rings. The minimum absolute atomic E-state index is 0.0656. The van der Waals surface area contributed by atoms with Crippen molar-refractivity contribution in [2.45, 2.75) is 31.3 Å². The normalized spacial score (nSPS) is 12.4. The summed E-state index contributed by atoms with van der Waals surface area (Å²) in [7, 11) is -2.01. The maximum absolute atomic E-state index is 14.1. The highest BCUT2D eigenvalue weighted by Gasteiger charge is 2.22. The molecule has 0 amide bonds. The smallest absolute Gasteiger partial charge is 0.243 e. The first-order valence-corrected chi connectivity index (χ1v) is 8.84. The topological polar surface area (TPSA) is 75.4 Å². The van der Waals surface area contributed by atoms with Crippen LogP contribution in [0.15, 0.2) is 21.5 Å². The van der Waals surface area contributed by atoms with Gasteiger partial charge >= 0.3 is 0 Å². The van der Waals surface area contributed by atoms with Crippen LogP contribution in [0.25, 0.3) is 0 Å². The molecule has 0 aromatic heterocycles. The van der Waals surface area contributed by atoms with Gasteiger partial charge in [0.2, 0.25) is 10.0 Å². The number of sulfonamides is 1. The van der Waals surface area contributed by atoms with Crippen LogP contribution in [-0.4, -0.2) is 39.5 Å². The molecular formula is C13H21BrFN3O2S. The van der Waals surface area contributed by atoms with Crippen LogP contribution in [0.1, 0.15) is 19.4 Å². The molecule has 21 heavy (non-hydrogen) atoms.